The van der Waals surface area contributed by atoms with Gasteiger partial charge in [0.25, 0.3) is 5.91 Å². The number of piperazine rings is 1. The summed E-state index contributed by atoms with van der Waals surface area (Å²) in [6, 6.07) is 21.3. The predicted molar refractivity (Wildman–Crippen MR) is 195 cm³/mol. The highest BCUT2D eigenvalue weighted by Gasteiger charge is 2.51. The molecule has 3 aliphatic heterocycles. The third-order valence-corrected chi connectivity index (χ3v) is 10.2. The molecule has 0 aliphatic carbocycles. The first-order valence-electron chi connectivity index (χ1n) is 17.8. The lowest BCUT2D eigenvalue weighted by Gasteiger charge is -2.55. The molecule has 12 heteroatoms. The van der Waals surface area contributed by atoms with E-state index in [0.29, 0.717) is 38.3 Å². The van der Waals surface area contributed by atoms with Gasteiger partial charge in [-0.3, -0.25) is 19.2 Å². The molecule has 270 valence electrons. The van der Waals surface area contributed by atoms with E-state index in [2.05, 4.69) is 6.58 Å². The number of aromatic nitrogens is 1. The average Bonchev–Trinajstić information content (AvgIpc) is 3.50. The molecule has 3 aromatic carbocycles. The van der Waals surface area contributed by atoms with E-state index in [1.165, 1.54) is 0 Å². The molecule has 4 aromatic rings. The van der Waals surface area contributed by atoms with E-state index in [1.54, 1.807) is 55.1 Å². The third kappa shape index (κ3) is 6.91. The van der Waals surface area contributed by atoms with Gasteiger partial charge in [0, 0.05) is 57.7 Å². The number of para-hydroxylation sites is 1. The molecule has 1 aromatic heterocycles. The Kier molecular flexibility index (Phi) is 10.1. The second-order valence-electron chi connectivity index (χ2n) is 13.6. The molecule has 0 bridgehead atoms. The molecule has 1 N–H and O–H groups in total. The number of aromatic hydroxyl groups is 1. The standard InChI is InChI=1S/C40H44N6O6/c1-3-18-44-27-37(49)45-34(23-29-12-15-31(47)16-13-29)40(51)43(26-35(45)46(44)36(48)17-14-28-8-5-4-6-9-28)24-30-10-7-11-32-33(25-41(2)38(30)32)39(50)42-19-21-52-22-20-42/h3-13,15-16,25,34-35,47H,1,14,17-24,26-27H2,2H3/t34-,35-/m0/s1. The largest absolute Gasteiger partial charge is 0.508 e. The number of ether oxygens (including phenoxy) is 1. The number of benzene rings is 3. The van der Waals surface area contributed by atoms with Gasteiger partial charge >= 0.3 is 0 Å². The van der Waals surface area contributed by atoms with Crippen LogP contribution < -0.4 is 0 Å². The van der Waals surface area contributed by atoms with E-state index < -0.39 is 12.2 Å². The van der Waals surface area contributed by atoms with Gasteiger partial charge in [0.15, 0.2) is 0 Å². The maximum Gasteiger partial charge on any atom is 0.256 e. The molecule has 4 heterocycles. The van der Waals surface area contributed by atoms with Gasteiger partial charge in [-0.25, -0.2) is 10.0 Å². The monoisotopic (exact) mass is 704 g/mol. The zero-order valence-electron chi connectivity index (χ0n) is 29.4. The first kappa shape index (κ1) is 35.0. The van der Waals surface area contributed by atoms with Crippen LogP contribution in [0.3, 0.4) is 0 Å². The van der Waals surface area contributed by atoms with Crippen molar-refractivity contribution in [1.82, 2.24) is 29.3 Å². The molecule has 12 nitrogen and oxygen atoms in total. The van der Waals surface area contributed by atoms with E-state index in [-0.39, 0.29) is 68.4 Å². The Hall–Kier alpha value is -5.46. The maximum absolute atomic E-state index is 14.6. The second kappa shape index (κ2) is 15.0. The molecule has 0 saturated carbocycles. The van der Waals surface area contributed by atoms with E-state index in [4.69, 9.17) is 4.74 Å². The highest BCUT2D eigenvalue weighted by atomic mass is 16.5. The molecule has 3 saturated heterocycles. The minimum absolute atomic E-state index is 0.0580. The number of carbonyl (C=O) groups excluding carboxylic acids is 4. The minimum Gasteiger partial charge on any atom is -0.508 e. The fraction of sp³-hybridized carbons (Fsp3) is 0.350. The number of nitrogens with zero attached hydrogens (tertiary/aromatic N) is 6. The molecule has 0 spiro atoms. The van der Waals surface area contributed by atoms with Crippen molar-refractivity contribution < 1.29 is 29.0 Å². The van der Waals surface area contributed by atoms with Crippen molar-refractivity contribution >= 4 is 34.5 Å². The Morgan fingerprint density at radius 2 is 1.71 bits per heavy atom. The lowest BCUT2D eigenvalue weighted by atomic mass is 9.97. The fourth-order valence-electron chi connectivity index (χ4n) is 7.76. The average molecular weight is 705 g/mol. The number of phenolic OH excluding ortho intramolecular Hbond substituents is 1. The molecule has 3 fully saturated rings. The number of fused-ring (bicyclic) bond motifs is 2. The summed E-state index contributed by atoms with van der Waals surface area (Å²) in [6.07, 6.45) is 3.72. The molecular weight excluding hydrogens is 660 g/mol. The number of carbonyl (C=O) groups is 4. The first-order chi connectivity index (χ1) is 25.2. The van der Waals surface area contributed by atoms with Gasteiger partial charge < -0.3 is 29.1 Å². The van der Waals surface area contributed by atoms with Gasteiger partial charge in [-0.15, -0.1) is 6.58 Å². The number of hydrogen-bond donors (Lipinski definition) is 1. The van der Waals surface area contributed by atoms with Gasteiger partial charge in [-0.2, -0.15) is 0 Å². The van der Waals surface area contributed by atoms with E-state index in [1.807, 2.05) is 66.3 Å². The van der Waals surface area contributed by atoms with Crippen molar-refractivity contribution in [1.29, 1.82) is 0 Å². The Balaban J connectivity index is 1.24. The molecular formula is C40H44N6O6. The van der Waals surface area contributed by atoms with Crippen LogP contribution in [0.15, 0.2) is 91.6 Å². The van der Waals surface area contributed by atoms with Crippen LogP contribution >= 0.6 is 0 Å². The summed E-state index contributed by atoms with van der Waals surface area (Å²) >= 11 is 0. The van der Waals surface area contributed by atoms with E-state index in [0.717, 1.165) is 27.6 Å². The number of hydrogen-bond acceptors (Lipinski definition) is 7. The summed E-state index contributed by atoms with van der Waals surface area (Å²) in [6.45, 7) is 6.47. The van der Waals surface area contributed by atoms with Crippen LogP contribution in [0.2, 0.25) is 0 Å². The van der Waals surface area contributed by atoms with Crippen LogP contribution in [0, 0.1) is 0 Å². The molecule has 0 unspecified atom stereocenters. The topological polar surface area (TPSA) is 119 Å². The summed E-state index contributed by atoms with van der Waals surface area (Å²) < 4.78 is 7.39. The minimum atomic E-state index is -0.892. The fourth-order valence-corrected chi connectivity index (χ4v) is 7.76. The van der Waals surface area contributed by atoms with Gasteiger partial charge in [-0.1, -0.05) is 66.7 Å². The number of hydrazine groups is 1. The molecule has 2 atom stereocenters. The van der Waals surface area contributed by atoms with Crippen molar-refractivity contribution in [3.05, 3.63) is 114 Å². The Labute approximate surface area is 303 Å². The number of aryl methyl sites for hydroxylation is 2. The van der Waals surface area contributed by atoms with Crippen LogP contribution in [-0.2, 0) is 45.6 Å². The lowest BCUT2D eigenvalue weighted by Crippen LogP contribution is -2.75. The molecule has 3 aliphatic rings. The highest BCUT2D eigenvalue weighted by Crippen LogP contribution is 2.32. The van der Waals surface area contributed by atoms with Crippen LogP contribution in [0.4, 0.5) is 0 Å². The van der Waals surface area contributed by atoms with Gasteiger partial charge in [-0.05, 0) is 35.2 Å². The van der Waals surface area contributed by atoms with E-state index >= 15 is 0 Å². The normalized spacial score (nSPS) is 19.6. The third-order valence-electron chi connectivity index (χ3n) is 10.2. The molecule has 4 amide bonds. The van der Waals surface area contributed by atoms with Gasteiger partial charge in [0.2, 0.25) is 17.7 Å². The number of amides is 4. The van der Waals surface area contributed by atoms with E-state index in [9.17, 15) is 24.3 Å². The van der Waals surface area contributed by atoms with Gasteiger partial charge in [0.05, 0.1) is 37.4 Å². The molecule has 52 heavy (non-hydrogen) atoms. The van der Waals surface area contributed by atoms with Crippen molar-refractivity contribution in [2.45, 2.75) is 38.0 Å². The lowest BCUT2D eigenvalue weighted by molar-refractivity contribution is -0.205. The molecule has 7 rings (SSSR count). The predicted octanol–water partition coefficient (Wildman–Crippen LogP) is 3.34. The van der Waals surface area contributed by atoms with Crippen LogP contribution in [0.1, 0.15) is 33.5 Å². The summed E-state index contributed by atoms with van der Waals surface area (Å²) in [5, 5.41) is 14.1. The van der Waals surface area contributed by atoms with Gasteiger partial charge in [0.1, 0.15) is 18.0 Å². The van der Waals surface area contributed by atoms with Crippen LogP contribution in [0.25, 0.3) is 10.9 Å². The van der Waals surface area contributed by atoms with Crippen molar-refractivity contribution in [3.8, 4) is 5.75 Å². The molecule has 0 radical (unpaired) electrons. The summed E-state index contributed by atoms with van der Waals surface area (Å²) in [5.74, 6) is -0.586. The van der Waals surface area contributed by atoms with Crippen LogP contribution in [0.5, 0.6) is 5.75 Å². The summed E-state index contributed by atoms with van der Waals surface area (Å²) in [5.41, 5.74) is 4.09. The smallest absolute Gasteiger partial charge is 0.256 e. The Morgan fingerprint density at radius 1 is 0.962 bits per heavy atom. The van der Waals surface area contributed by atoms with Crippen molar-refractivity contribution in [3.63, 3.8) is 0 Å². The number of phenols is 1. The summed E-state index contributed by atoms with van der Waals surface area (Å²) in [4.78, 5) is 61.6. The maximum atomic E-state index is 14.6. The quantitative estimate of drug-likeness (QED) is 0.252. The Bertz CT molecular complexity index is 1970. The number of morpholine rings is 1. The van der Waals surface area contributed by atoms with Crippen molar-refractivity contribution in [2.75, 3.05) is 45.9 Å². The SMILES string of the molecule is C=CCN1CC(=O)N2[C@@H](Cc3ccc(O)cc3)C(=O)N(Cc3cccc4c(C(=O)N5CCOCC5)cn(C)c34)C[C@@H]2N1C(=O)CCc1ccccc1. The Morgan fingerprint density at radius 3 is 2.44 bits per heavy atom. The highest BCUT2D eigenvalue weighted by molar-refractivity contribution is 6.07. The van der Waals surface area contributed by atoms with Crippen molar-refractivity contribution in [2.24, 2.45) is 7.05 Å². The van der Waals surface area contributed by atoms with Crippen LogP contribution in [-0.4, -0.2) is 116 Å². The number of rotatable bonds is 10. The second-order valence-corrected chi connectivity index (χ2v) is 13.6. The summed E-state index contributed by atoms with van der Waals surface area (Å²) in [7, 11) is 1.90. The zero-order valence-corrected chi connectivity index (χ0v) is 29.4. The zero-order chi connectivity index (χ0) is 36.4. The first-order valence-corrected chi connectivity index (χ1v) is 17.8.